The van der Waals surface area contributed by atoms with Crippen LogP contribution in [0, 0.1) is 0 Å². The molecule has 0 aromatic heterocycles. The fourth-order valence-corrected chi connectivity index (χ4v) is 1.88. The molecule has 5 heteroatoms. The van der Waals surface area contributed by atoms with E-state index in [1.807, 2.05) is 38.1 Å². The summed E-state index contributed by atoms with van der Waals surface area (Å²) in [5.41, 5.74) is 6.69. The van der Waals surface area contributed by atoms with Gasteiger partial charge in [-0.1, -0.05) is 19.1 Å². The lowest BCUT2D eigenvalue weighted by Crippen LogP contribution is -2.40. The second-order valence-electron chi connectivity index (χ2n) is 4.97. The monoisotopic (exact) mass is 300 g/mol. The van der Waals surface area contributed by atoms with E-state index in [0.717, 1.165) is 11.3 Å². The first-order valence-electron chi connectivity index (χ1n) is 6.59. The van der Waals surface area contributed by atoms with E-state index < -0.39 is 0 Å². The van der Waals surface area contributed by atoms with Gasteiger partial charge < -0.3 is 15.4 Å². The van der Waals surface area contributed by atoms with E-state index in [4.69, 9.17) is 10.5 Å². The molecule has 0 radical (unpaired) electrons. The van der Waals surface area contributed by atoms with Gasteiger partial charge in [0.25, 0.3) is 0 Å². The quantitative estimate of drug-likeness (QED) is 0.878. The molecule has 0 saturated heterocycles. The Kier molecular flexibility index (Phi) is 8.26. The zero-order chi connectivity index (χ0) is 14.4. The van der Waals surface area contributed by atoms with Crippen molar-refractivity contribution in [1.82, 2.24) is 4.90 Å². The average Bonchev–Trinajstić information content (AvgIpc) is 2.45. The zero-order valence-corrected chi connectivity index (χ0v) is 13.4. The Labute approximate surface area is 127 Å². The molecule has 1 amide bonds. The highest BCUT2D eigenvalue weighted by Gasteiger charge is 2.18. The van der Waals surface area contributed by atoms with Gasteiger partial charge in [-0.2, -0.15) is 0 Å². The summed E-state index contributed by atoms with van der Waals surface area (Å²) >= 11 is 0. The van der Waals surface area contributed by atoms with Crippen LogP contribution in [0.1, 0.15) is 31.7 Å². The molecule has 2 unspecified atom stereocenters. The number of nitrogens with two attached hydrogens (primary N) is 1. The largest absolute Gasteiger partial charge is 0.497 e. The Bertz CT molecular complexity index is 426. The standard InChI is InChI=1S/C15H24N2O2.ClH/c1-11(8-15(18)17(3)12(2)10-16)13-6-5-7-14(9-13)19-4;/h5-7,9,11-12H,8,10,16H2,1-4H3;1H. The number of methoxy groups -OCH3 is 1. The number of carbonyl (C=O) groups excluding carboxylic acids is 1. The normalized spacial score (nSPS) is 13.1. The SMILES string of the molecule is COc1cccc(C(C)CC(=O)N(C)C(C)CN)c1.Cl. The lowest BCUT2D eigenvalue weighted by molar-refractivity contribution is -0.131. The van der Waals surface area contributed by atoms with E-state index in [1.165, 1.54) is 0 Å². The highest BCUT2D eigenvalue weighted by Crippen LogP contribution is 2.23. The van der Waals surface area contributed by atoms with Crippen LogP contribution in [0.15, 0.2) is 24.3 Å². The Morgan fingerprint density at radius 2 is 2.05 bits per heavy atom. The number of amides is 1. The van der Waals surface area contributed by atoms with Crippen molar-refractivity contribution in [1.29, 1.82) is 0 Å². The number of carbonyl (C=O) groups is 1. The van der Waals surface area contributed by atoms with Crippen LogP contribution in [-0.4, -0.2) is 37.6 Å². The number of halogens is 1. The van der Waals surface area contributed by atoms with Gasteiger partial charge in [0, 0.05) is 26.1 Å². The highest BCUT2D eigenvalue weighted by atomic mass is 35.5. The van der Waals surface area contributed by atoms with Crippen LogP contribution in [0.5, 0.6) is 5.75 Å². The Hall–Kier alpha value is -1.26. The molecule has 0 aliphatic heterocycles. The van der Waals surface area contributed by atoms with Crippen LogP contribution >= 0.6 is 12.4 Å². The van der Waals surface area contributed by atoms with Crippen molar-refractivity contribution in [3.8, 4) is 5.75 Å². The number of hydrogen-bond acceptors (Lipinski definition) is 3. The van der Waals surface area contributed by atoms with E-state index in [0.29, 0.717) is 13.0 Å². The van der Waals surface area contributed by atoms with E-state index in [-0.39, 0.29) is 30.3 Å². The van der Waals surface area contributed by atoms with Gasteiger partial charge in [-0.3, -0.25) is 4.79 Å². The molecule has 0 heterocycles. The minimum atomic E-state index is 0. The third-order valence-electron chi connectivity index (χ3n) is 3.54. The summed E-state index contributed by atoms with van der Waals surface area (Å²) < 4.78 is 5.20. The molecule has 0 spiro atoms. The van der Waals surface area contributed by atoms with Gasteiger partial charge in [-0.25, -0.2) is 0 Å². The third kappa shape index (κ3) is 5.02. The maximum Gasteiger partial charge on any atom is 0.223 e. The minimum absolute atomic E-state index is 0. The van der Waals surface area contributed by atoms with Crippen LogP contribution in [-0.2, 0) is 4.79 Å². The first-order valence-corrected chi connectivity index (χ1v) is 6.59. The van der Waals surface area contributed by atoms with E-state index in [2.05, 4.69) is 0 Å². The average molecular weight is 301 g/mol. The Balaban J connectivity index is 0.00000361. The molecule has 2 N–H and O–H groups in total. The number of hydrogen-bond donors (Lipinski definition) is 1. The zero-order valence-electron chi connectivity index (χ0n) is 12.6. The van der Waals surface area contributed by atoms with Gasteiger partial charge in [0.15, 0.2) is 0 Å². The van der Waals surface area contributed by atoms with E-state index in [9.17, 15) is 4.79 Å². The van der Waals surface area contributed by atoms with Gasteiger partial charge in [0.1, 0.15) is 5.75 Å². The second-order valence-corrected chi connectivity index (χ2v) is 4.97. The molecule has 0 saturated carbocycles. The maximum atomic E-state index is 12.1. The summed E-state index contributed by atoms with van der Waals surface area (Å²) in [5, 5.41) is 0. The predicted octanol–water partition coefficient (Wildman–Crippen LogP) is 2.42. The van der Waals surface area contributed by atoms with Crippen LogP contribution in [0.4, 0.5) is 0 Å². The smallest absolute Gasteiger partial charge is 0.223 e. The second kappa shape index (κ2) is 8.82. The van der Waals surface area contributed by atoms with Crippen molar-refractivity contribution in [2.24, 2.45) is 5.73 Å². The van der Waals surface area contributed by atoms with Crippen molar-refractivity contribution >= 4 is 18.3 Å². The van der Waals surface area contributed by atoms with Gasteiger partial charge in [-0.05, 0) is 30.5 Å². The molecule has 1 aromatic rings. The molecule has 0 aliphatic carbocycles. The summed E-state index contributed by atoms with van der Waals surface area (Å²) in [6.45, 7) is 4.48. The molecule has 1 aromatic carbocycles. The van der Waals surface area contributed by atoms with Crippen LogP contribution < -0.4 is 10.5 Å². The molecule has 20 heavy (non-hydrogen) atoms. The Morgan fingerprint density at radius 1 is 1.40 bits per heavy atom. The lowest BCUT2D eigenvalue weighted by Gasteiger charge is -2.25. The van der Waals surface area contributed by atoms with Gasteiger partial charge >= 0.3 is 0 Å². The fraction of sp³-hybridized carbons (Fsp3) is 0.533. The van der Waals surface area contributed by atoms with E-state index in [1.54, 1.807) is 19.1 Å². The number of likely N-dealkylation sites (N-methyl/N-ethyl adjacent to an activating group) is 1. The summed E-state index contributed by atoms with van der Waals surface area (Å²) in [4.78, 5) is 13.8. The molecular formula is C15H25ClN2O2. The van der Waals surface area contributed by atoms with Crippen LogP contribution in [0.3, 0.4) is 0 Å². The molecular weight excluding hydrogens is 276 g/mol. The number of rotatable bonds is 6. The fourth-order valence-electron chi connectivity index (χ4n) is 1.88. The topological polar surface area (TPSA) is 55.6 Å². The summed E-state index contributed by atoms with van der Waals surface area (Å²) in [7, 11) is 3.45. The molecule has 4 nitrogen and oxygen atoms in total. The van der Waals surface area contributed by atoms with Crippen LogP contribution in [0.2, 0.25) is 0 Å². The molecule has 0 aliphatic rings. The van der Waals surface area contributed by atoms with Crippen molar-refractivity contribution in [2.45, 2.75) is 32.2 Å². The van der Waals surface area contributed by atoms with Crippen molar-refractivity contribution < 1.29 is 9.53 Å². The Morgan fingerprint density at radius 3 is 2.60 bits per heavy atom. The predicted molar refractivity (Wildman–Crippen MR) is 84.6 cm³/mol. The van der Waals surface area contributed by atoms with Crippen molar-refractivity contribution in [2.75, 3.05) is 20.7 Å². The third-order valence-corrected chi connectivity index (χ3v) is 3.54. The number of ether oxygens (including phenoxy) is 1. The lowest BCUT2D eigenvalue weighted by atomic mass is 9.97. The number of nitrogens with zero attached hydrogens (tertiary/aromatic N) is 1. The molecule has 0 fully saturated rings. The molecule has 2 atom stereocenters. The summed E-state index contributed by atoms with van der Waals surface area (Å²) in [6.07, 6.45) is 0.480. The highest BCUT2D eigenvalue weighted by molar-refractivity contribution is 5.85. The van der Waals surface area contributed by atoms with Crippen molar-refractivity contribution in [3.05, 3.63) is 29.8 Å². The first-order chi connectivity index (χ1) is 8.99. The van der Waals surface area contributed by atoms with Gasteiger partial charge in [0.2, 0.25) is 5.91 Å². The van der Waals surface area contributed by atoms with E-state index >= 15 is 0 Å². The molecule has 114 valence electrons. The van der Waals surface area contributed by atoms with Gasteiger partial charge in [-0.15, -0.1) is 12.4 Å². The summed E-state index contributed by atoms with van der Waals surface area (Å²) in [5.74, 6) is 1.10. The van der Waals surface area contributed by atoms with Gasteiger partial charge in [0.05, 0.1) is 7.11 Å². The first kappa shape index (κ1) is 18.7. The van der Waals surface area contributed by atoms with Crippen LogP contribution in [0.25, 0.3) is 0 Å². The molecule has 0 bridgehead atoms. The summed E-state index contributed by atoms with van der Waals surface area (Å²) in [6, 6.07) is 7.92. The number of benzene rings is 1. The van der Waals surface area contributed by atoms with Crippen molar-refractivity contribution in [3.63, 3.8) is 0 Å². The maximum absolute atomic E-state index is 12.1. The molecule has 1 rings (SSSR count). The minimum Gasteiger partial charge on any atom is -0.497 e.